The van der Waals surface area contributed by atoms with Crippen LogP contribution >= 0.6 is 0 Å². The fourth-order valence-electron chi connectivity index (χ4n) is 4.36. The lowest BCUT2D eigenvalue weighted by molar-refractivity contribution is -0.121. The first-order valence-electron chi connectivity index (χ1n) is 10.6. The number of nitrogens with zero attached hydrogens (tertiary/aromatic N) is 4. The molecule has 0 bridgehead atoms. The highest BCUT2D eigenvalue weighted by Gasteiger charge is 2.39. The van der Waals surface area contributed by atoms with E-state index >= 15 is 0 Å². The first kappa shape index (κ1) is 21.5. The van der Waals surface area contributed by atoms with E-state index in [4.69, 9.17) is 4.74 Å². The molecule has 1 aliphatic heterocycles. The smallest absolute Gasteiger partial charge is 0.217 e. The van der Waals surface area contributed by atoms with Crippen molar-refractivity contribution in [3.8, 4) is 11.4 Å². The van der Waals surface area contributed by atoms with Crippen LogP contribution in [0.4, 0.5) is 5.82 Å². The van der Waals surface area contributed by atoms with Gasteiger partial charge in [-0.1, -0.05) is 35.5 Å². The van der Waals surface area contributed by atoms with Crippen LogP contribution in [-0.2, 0) is 10.3 Å². The molecular weight excluding hydrogens is 406 g/mol. The summed E-state index contributed by atoms with van der Waals surface area (Å²) < 4.78 is 7.00. The molecule has 1 fully saturated rings. The molecule has 166 valence electrons. The summed E-state index contributed by atoms with van der Waals surface area (Å²) in [6, 6.07) is 17.5. The number of Topliss-reactive ketones (excluding diaryl/α,β-unsaturated/α-hetero) is 1. The first-order valence-corrected chi connectivity index (χ1v) is 10.6. The Morgan fingerprint density at radius 1 is 1.00 bits per heavy atom. The van der Waals surface area contributed by atoms with E-state index in [-0.39, 0.29) is 11.7 Å². The lowest BCUT2D eigenvalue weighted by atomic mass is 9.80. The number of hydrogen-bond donors (Lipinski definition) is 1. The number of carbonyl (C=O) groups excluding carboxylic acids is 2. The Hall–Kier alpha value is -3.68. The quantitative estimate of drug-likeness (QED) is 0.601. The zero-order valence-corrected chi connectivity index (χ0v) is 18.5. The number of hydrogen-bond acceptors (Lipinski definition) is 6. The number of rotatable bonds is 6. The van der Waals surface area contributed by atoms with Gasteiger partial charge >= 0.3 is 0 Å². The van der Waals surface area contributed by atoms with Crippen LogP contribution in [0.1, 0.15) is 42.7 Å². The Morgan fingerprint density at radius 2 is 1.66 bits per heavy atom. The van der Waals surface area contributed by atoms with Crippen molar-refractivity contribution in [2.24, 2.45) is 0 Å². The van der Waals surface area contributed by atoms with Crippen molar-refractivity contribution in [1.82, 2.24) is 20.3 Å². The molecule has 0 saturated carbocycles. The summed E-state index contributed by atoms with van der Waals surface area (Å²) in [7, 11) is 1.63. The third-order valence-electron chi connectivity index (χ3n) is 5.96. The standard InChI is InChI=1S/C24H27N5O3/c1-17(30)22-23(29(27-26-22)20-7-5-4-6-8-20)28-15-13-24(14-16-28,25-18(2)31)19-9-11-21(32-3)12-10-19/h4-12H,13-16H2,1-3H3,(H,25,31). The average Bonchev–Trinajstić information content (AvgIpc) is 3.25. The van der Waals surface area contributed by atoms with Crippen molar-refractivity contribution >= 4 is 17.5 Å². The molecule has 8 nitrogen and oxygen atoms in total. The number of aromatic nitrogens is 3. The fraction of sp³-hybridized carbons (Fsp3) is 0.333. The second-order valence-electron chi connectivity index (χ2n) is 8.04. The zero-order valence-electron chi connectivity index (χ0n) is 18.5. The molecule has 0 atom stereocenters. The molecule has 1 N–H and O–H groups in total. The predicted molar refractivity (Wildman–Crippen MR) is 121 cm³/mol. The van der Waals surface area contributed by atoms with Crippen LogP contribution in [0.5, 0.6) is 5.75 Å². The van der Waals surface area contributed by atoms with Crippen molar-refractivity contribution in [2.45, 2.75) is 32.2 Å². The number of ether oxygens (including phenoxy) is 1. The van der Waals surface area contributed by atoms with Gasteiger partial charge in [0, 0.05) is 26.9 Å². The van der Waals surface area contributed by atoms with Crippen molar-refractivity contribution in [3.05, 3.63) is 65.9 Å². The van der Waals surface area contributed by atoms with Crippen molar-refractivity contribution in [3.63, 3.8) is 0 Å². The third kappa shape index (κ3) is 4.08. The van der Waals surface area contributed by atoms with Crippen LogP contribution in [0.25, 0.3) is 5.69 Å². The van der Waals surface area contributed by atoms with E-state index in [2.05, 4.69) is 20.5 Å². The maximum absolute atomic E-state index is 12.3. The second-order valence-corrected chi connectivity index (χ2v) is 8.04. The van der Waals surface area contributed by atoms with Gasteiger partial charge in [-0.3, -0.25) is 9.59 Å². The number of benzene rings is 2. The minimum atomic E-state index is -0.490. The van der Waals surface area contributed by atoms with E-state index in [1.54, 1.807) is 18.7 Å². The van der Waals surface area contributed by atoms with Gasteiger partial charge in [0.1, 0.15) is 5.75 Å². The highest BCUT2D eigenvalue weighted by atomic mass is 16.5. The maximum Gasteiger partial charge on any atom is 0.217 e. The van der Waals surface area contributed by atoms with Gasteiger partial charge in [-0.25, -0.2) is 0 Å². The van der Waals surface area contributed by atoms with Crippen LogP contribution in [-0.4, -0.2) is 46.9 Å². The predicted octanol–water partition coefficient (Wildman–Crippen LogP) is 3.11. The van der Waals surface area contributed by atoms with Gasteiger partial charge in [0.15, 0.2) is 17.3 Å². The number of amides is 1. The maximum atomic E-state index is 12.3. The summed E-state index contributed by atoms with van der Waals surface area (Å²) in [6.07, 6.45) is 1.35. The third-order valence-corrected chi connectivity index (χ3v) is 5.96. The monoisotopic (exact) mass is 433 g/mol. The first-order chi connectivity index (χ1) is 15.4. The number of ketones is 1. The molecule has 1 saturated heterocycles. The number of piperidine rings is 1. The van der Waals surface area contributed by atoms with Gasteiger partial charge in [-0.15, -0.1) is 5.10 Å². The minimum absolute atomic E-state index is 0.0744. The van der Waals surface area contributed by atoms with Crippen LogP contribution in [0, 0.1) is 0 Å². The van der Waals surface area contributed by atoms with Crippen LogP contribution in [0.15, 0.2) is 54.6 Å². The Labute approximate surface area is 187 Å². The van der Waals surface area contributed by atoms with Gasteiger partial charge in [0.2, 0.25) is 5.91 Å². The molecule has 2 heterocycles. The molecule has 0 radical (unpaired) electrons. The number of methoxy groups -OCH3 is 1. The Bertz CT molecular complexity index is 1100. The minimum Gasteiger partial charge on any atom is -0.497 e. The number of nitrogens with one attached hydrogen (secondary N) is 1. The van der Waals surface area contributed by atoms with Gasteiger partial charge in [-0.2, -0.15) is 4.68 Å². The van der Waals surface area contributed by atoms with Crippen molar-refractivity contribution < 1.29 is 14.3 Å². The summed E-state index contributed by atoms with van der Waals surface area (Å²) in [5.74, 6) is 1.26. The summed E-state index contributed by atoms with van der Waals surface area (Å²) in [4.78, 5) is 26.5. The molecule has 2 aromatic carbocycles. The topological polar surface area (TPSA) is 89.3 Å². The summed E-state index contributed by atoms with van der Waals surface area (Å²) in [5, 5.41) is 11.6. The Balaban J connectivity index is 1.66. The number of para-hydroxylation sites is 1. The van der Waals surface area contributed by atoms with E-state index in [1.807, 2.05) is 54.6 Å². The van der Waals surface area contributed by atoms with E-state index in [1.165, 1.54) is 6.92 Å². The molecule has 1 aromatic heterocycles. The average molecular weight is 434 g/mol. The van der Waals surface area contributed by atoms with Crippen molar-refractivity contribution in [2.75, 3.05) is 25.1 Å². The van der Waals surface area contributed by atoms with Crippen LogP contribution < -0.4 is 15.0 Å². The molecule has 0 spiro atoms. The van der Waals surface area contributed by atoms with E-state index in [0.29, 0.717) is 37.4 Å². The Morgan fingerprint density at radius 3 is 2.22 bits per heavy atom. The molecule has 0 aliphatic carbocycles. The molecule has 3 aromatic rings. The number of anilines is 1. The normalized spacial score (nSPS) is 15.3. The van der Waals surface area contributed by atoms with Crippen LogP contribution in [0.3, 0.4) is 0 Å². The second kappa shape index (κ2) is 8.82. The summed E-state index contributed by atoms with van der Waals surface area (Å²) in [6.45, 7) is 4.31. The van der Waals surface area contributed by atoms with Gasteiger partial charge in [0.05, 0.1) is 18.3 Å². The van der Waals surface area contributed by atoms with Crippen molar-refractivity contribution in [1.29, 1.82) is 0 Å². The van der Waals surface area contributed by atoms with E-state index < -0.39 is 5.54 Å². The van der Waals surface area contributed by atoms with Gasteiger partial charge < -0.3 is 15.0 Å². The summed E-state index contributed by atoms with van der Waals surface area (Å²) in [5.41, 5.74) is 1.74. The van der Waals surface area contributed by atoms with Gasteiger partial charge in [0.25, 0.3) is 0 Å². The summed E-state index contributed by atoms with van der Waals surface area (Å²) >= 11 is 0. The van der Waals surface area contributed by atoms with E-state index in [0.717, 1.165) is 17.0 Å². The molecule has 0 unspecified atom stereocenters. The van der Waals surface area contributed by atoms with Crippen LogP contribution in [0.2, 0.25) is 0 Å². The lowest BCUT2D eigenvalue weighted by Crippen LogP contribution is -2.53. The van der Waals surface area contributed by atoms with E-state index in [9.17, 15) is 9.59 Å². The highest BCUT2D eigenvalue weighted by molar-refractivity contribution is 5.97. The lowest BCUT2D eigenvalue weighted by Gasteiger charge is -2.43. The molecular formula is C24H27N5O3. The fourth-order valence-corrected chi connectivity index (χ4v) is 4.36. The molecule has 1 amide bonds. The molecule has 32 heavy (non-hydrogen) atoms. The molecule has 4 rings (SSSR count). The zero-order chi connectivity index (χ0) is 22.7. The Kier molecular flexibility index (Phi) is 5.94. The largest absolute Gasteiger partial charge is 0.497 e. The molecule has 1 aliphatic rings. The van der Waals surface area contributed by atoms with Gasteiger partial charge in [-0.05, 0) is 42.7 Å². The SMILES string of the molecule is COc1ccc(C2(NC(C)=O)CCN(c3c(C(C)=O)nnn3-c3ccccc3)CC2)cc1. The number of carbonyl (C=O) groups is 2. The highest BCUT2D eigenvalue weighted by Crippen LogP contribution is 2.36. The molecule has 8 heteroatoms.